The topological polar surface area (TPSA) is 77.0 Å². The maximum absolute atomic E-state index is 12.7. The third kappa shape index (κ3) is 2.12. The van der Waals surface area contributed by atoms with Gasteiger partial charge in [-0.05, 0) is 19.3 Å². The molecule has 1 amide bonds. The van der Waals surface area contributed by atoms with Crippen LogP contribution in [0.3, 0.4) is 0 Å². The molecule has 2 heterocycles. The van der Waals surface area contributed by atoms with E-state index in [1.54, 1.807) is 4.90 Å². The predicted molar refractivity (Wildman–Crippen MR) is 74.8 cm³/mol. The molecule has 0 unspecified atom stereocenters. The lowest BCUT2D eigenvalue weighted by atomic mass is 9.85. The van der Waals surface area contributed by atoms with Gasteiger partial charge in [0.25, 0.3) is 0 Å². The Balaban J connectivity index is 1.72. The molecule has 0 radical (unpaired) electrons. The van der Waals surface area contributed by atoms with Gasteiger partial charge in [-0.2, -0.15) is 0 Å². The standard InChI is InChI=1S/C14H23N5O/c1-18(13(20)14(10-15)6-2-3-7-14)9-12-17-16-11-5-4-8-19(11)12/h2-10,15H2,1H3. The van der Waals surface area contributed by atoms with Gasteiger partial charge in [0.15, 0.2) is 5.82 Å². The number of carbonyl (C=O) groups is 1. The van der Waals surface area contributed by atoms with E-state index in [1.165, 1.54) is 0 Å². The lowest BCUT2D eigenvalue weighted by Gasteiger charge is -2.31. The Kier molecular flexibility index (Phi) is 3.50. The Bertz CT molecular complexity index is 504. The van der Waals surface area contributed by atoms with Crippen molar-refractivity contribution in [3.05, 3.63) is 11.6 Å². The quantitative estimate of drug-likeness (QED) is 0.879. The summed E-state index contributed by atoms with van der Waals surface area (Å²) in [5.74, 6) is 2.13. The van der Waals surface area contributed by atoms with Crippen LogP contribution < -0.4 is 5.73 Å². The van der Waals surface area contributed by atoms with Crippen LogP contribution in [0, 0.1) is 5.41 Å². The SMILES string of the molecule is CN(Cc1nnc2n1CCC2)C(=O)C1(CN)CCCC1. The number of carbonyl (C=O) groups excluding carboxylic acids is 1. The summed E-state index contributed by atoms with van der Waals surface area (Å²) in [5, 5.41) is 8.42. The fraction of sp³-hybridized carbons (Fsp3) is 0.786. The van der Waals surface area contributed by atoms with Crippen molar-refractivity contribution in [3.63, 3.8) is 0 Å². The van der Waals surface area contributed by atoms with Crippen LogP contribution in [0.25, 0.3) is 0 Å². The van der Waals surface area contributed by atoms with Crippen molar-refractivity contribution >= 4 is 5.91 Å². The maximum Gasteiger partial charge on any atom is 0.230 e. The van der Waals surface area contributed by atoms with Gasteiger partial charge in [-0.15, -0.1) is 10.2 Å². The van der Waals surface area contributed by atoms with Gasteiger partial charge < -0.3 is 15.2 Å². The second-order valence-electron chi connectivity index (χ2n) is 6.14. The van der Waals surface area contributed by atoms with Crippen LogP contribution in [0.5, 0.6) is 0 Å². The van der Waals surface area contributed by atoms with Crippen LogP contribution in [0.15, 0.2) is 0 Å². The van der Waals surface area contributed by atoms with Crippen LogP contribution in [-0.4, -0.2) is 39.2 Å². The second kappa shape index (κ2) is 5.16. The summed E-state index contributed by atoms with van der Waals surface area (Å²) in [7, 11) is 1.86. The monoisotopic (exact) mass is 277 g/mol. The van der Waals surface area contributed by atoms with Crippen molar-refractivity contribution in [1.82, 2.24) is 19.7 Å². The molecule has 1 aromatic heterocycles. The van der Waals surface area contributed by atoms with Crippen molar-refractivity contribution in [2.75, 3.05) is 13.6 Å². The molecule has 1 aliphatic heterocycles. The van der Waals surface area contributed by atoms with Crippen LogP contribution >= 0.6 is 0 Å². The zero-order chi connectivity index (χ0) is 14.2. The Morgan fingerprint density at radius 2 is 2.10 bits per heavy atom. The van der Waals surface area contributed by atoms with E-state index in [-0.39, 0.29) is 11.3 Å². The molecular weight excluding hydrogens is 254 g/mol. The minimum Gasteiger partial charge on any atom is -0.338 e. The molecule has 0 spiro atoms. The molecular formula is C14H23N5O. The molecule has 20 heavy (non-hydrogen) atoms. The molecule has 2 N–H and O–H groups in total. The maximum atomic E-state index is 12.7. The lowest BCUT2D eigenvalue weighted by Crippen LogP contribution is -2.45. The summed E-state index contributed by atoms with van der Waals surface area (Å²) in [6.07, 6.45) is 6.18. The number of rotatable bonds is 4. The first-order chi connectivity index (χ1) is 9.66. The van der Waals surface area contributed by atoms with Gasteiger partial charge >= 0.3 is 0 Å². The molecule has 6 nitrogen and oxygen atoms in total. The Morgan fingerprint density at radius 3 is 2.80 bits per heavy atom. The molecule has 0 saturated heterocycles. The fourth-order valence-electron chi connectivity index (χ4n) is 3.57. The summed E-state index contributed by atoms with van der Waals surface area (Å²) >= 11 is 0. The molecule has 0 aromatic carbocycles. The average Bonchev–Trinajstić information content (AvgIpc) is 3.16. The van der Waals surface area contributed by atoms with Gasteiger partial charge in [-0.3, -0.25) is 4.79 Å². The zero-order valence-electron chi connectivity index (χ0n) is 12.1. The first-order valence-corrected chi connectivity index (χ1v) is 7.53. The normalized spacial score (nSPS) is 20.1. The number of aromatic nitrogens is 3. The zero-order valence-corrected chi connectivity index (χ0v) is 12.1. The Morgan fingerprint density at radius 1 is 1.35 bits per heavy atom. The summed E-state index contributed by atoms with van der Waals surface area (Å²) < 4.78 is 2.15. The highest BCUT2D eigenvalue weighted by molar-refractivity contribution is 5.83. The highest BCUT2D eigenvalue weighted by atomic mass is 16.2. The van der Waals surface area contributed by atoms with Crippen molar-refractivity contribution in [2.24, 2.45) is 11.1 Å². The van der Waals surface area contributed by atoms with E-state index < -0.39 is 0 Å². The van der Waals surface area contributed by atoms with Gasteiger partial charge in [0, 0.05) is 26.6 Å². The third-order valence-corrected chi connectivity index (χ3v) is 4.82. The van der Waals surface area contributed by atoms with Crippen molar-refractivity contribution in [1.29, 1.82) is 0 Å². The van der Waals surface area contributed by atoms with Crippen molar-refractivity contribution in [3.8, 4) is 0 Å². The molecule has 6 heteroatoms. The van der Waals surface area contributed by atoms with Crippen LogP contribution in [0.2, 0.25) is 0 Å². The molecule has 1 fully saturated rings. The second-order valence-corrected chi connectivity index (χ2v) is 6.14. The summed E-state index contributed by atoms with van der Waals surface area (Å²) in [5.41, 5.74) is 5.56. The van der Waals surface area contributed by atoms with Crippen molar-refractivity contribution < 1.29 is 4.79 Å². The van der Waals surface area contributed by atoms with Gasteiger partial charge in [0.1, 0.15) is 5.82 Å². The molecule has 1 aliphatic carbocycles. The van der Waals surface area contributed by atoms with Gasteiger partial charge in [-0.25, -0.2) is 0 Å². The van der Waals surface area contributed by atoms with E-state index in [0.717, 1.165) is 56.7 Å². The van der Waals surface area contributed by atoms with E-state index in [9.17, 15) is 4.79 Å². The number of hydrogen-bond acceptors (Lipinski definition) is 4. The van der Waals surface area contributed by atoms with E-state index in [1.807, 2.05) is 7.05 Å². The Labute approximate surface area is 119 Å². The largest absolute Gasteiger partial charge is 0.338 e. The molecule has 1 aromatic rings. The number of amides is 1. The van der Waals surface area contributed by atoms with Gasteiger partial charge in [0.05, 0.1) is 12.0 Å². The summed E-state index contributed by atoms with van der Waals surface area (Å²) in [6.45, 7) is 1.96. The minimum absolute atomic E-state index is 0.174. The van der Waals surface area contributed by atoms with E-state index in [0.29, 0.717) is 13.1 Å². The highest BCUT2D eigenvalue weighted by Gasteiger charge is 2.41. The number of fused-ring (bicyclic) bond motifs is 1. The smallest absolute Gasteiger partial charge is 0.230 e. The summed E-state index contributed by atoms with van der Waals surface area (Å²) in [6, 6.07) is 0. The molecule has 3 rings (SSSR count). The molecule has 2 aliphatic rings. The number of nitrogens with zero attached hydrogens (tertiary/aromatic N) is 4. The Hall–Kier alpha value is -1.43. The summed E-state index contributed by atoms with van der Waals surface area (Å²) in [4.78, 5) is 14.5. The van der Waals surface area contributed by atoms with Crippen LogP contribution in [0.4, 0.5) is 0 Å². The van der Waals surface area contributed by atoms with Crippen molar-refractivity contribution in [2.45, 2.75) is 51.6 Å². The first kappa shape index (κ1) is 13.5. The molecule has 0 atom stereocenters. The fourth-order valence-corrected chi connectivity index (χ4v) is 3.57. The minimum atomic E-state index is -0.331. The van der Waals surface area contributed by atoms with E-state index in [4.69, 9.17) is 5.73 Å². The van der Waals surface area contributed by atoms with Crippen LogP contribution in [0.1, 0.15) is 43.8 Å². The number of hydrogen-bond donors (Lipinski definition) is 1. The third-order valence-electron chi connectivity index (χ3n) is 4.82. The molecule has 0 bridgehead atoms. The van der Waals surface area contributed by atoms with Gasteiger partial charge in [0.2, 0.25) is 5.91 Å². The predicted octanol–water partition coefficient (Wildman–Crippen LogP) is 0.702. The number of aryl methyl sites for hydroxylation is 1. The first-order valence-electron chi connectivity index (χ1n) is 7.53. The van der Waals surface area contributed by atoms with E-state index >= 15 is 0 Å². The molecule has 1 saturated carbocycles. The lowest BCUT2D eigenvalue weighted by molar-refractivity contribution is -0.140. The van der Waals surface area contributed by atoms with E-state index in [2.05, 4.69) is 14.8 Å². The number of nitrogens with two attached hydrogens (primary N) is 1. The molecule has 110 valence electrons. The van der Waals surface area contributed by atoms with Crippen LogP contribution in [-0.2, 0) is 24.3 Å². The average molecular weight is 277 g/mol. The van der Waals surface area contributed by atoms with Gasteiger partial charge in [-0.1, -0.05) is 12.8 Å². The highest BCUT2D eigenvalue weighted by Crippen LogP contribution is 2.38.